The molecule has 1 heterocycles. The van der Waals surface area contributed by atoms with Gasteiger partial charge in [0.15, 0.2) is 0 Å². The molecule has 0 amide bonds. The third-order valence-corrected chi connectivity index (χ3v) is 4.05. The summed E-state index contributed by atoms with van der Waals surface area (Å²) in [6.45, 7) is 7.34. The molecule has 17 heavy (non-hydrogen) atoms. The summed E-state index contributed by atoms with van der Waals surface area (Å²) in [7, 11) is 0. The molecule has 2 rings (SSSR count). The lowest BCUT2D eigenvalue weighted by Crippen LogP contribution is -2.10. The van der Waals surface area contributed by atoms with E-state index >= 15 is 0 Å². The van der Waals surface area contributed by atoms with E-state index in [1.807, 2.05) is 0 Å². The molecule has 0 bridgehead atoms. The highest BCUT2D eigenvalue weighted by molar-refractivity contribution is 7.15. The van der Waals surface area contributed by atoms with Crippen molar-refractivity contribution in [3.8, 4) is 10.4 Å². The van der Waals surface area contributed by atoms with Crippen molar-refractivity contribution in [2.45, 2.75) is 32.7 Å². The predicted molar refractivity (Wildman–Crippen MR) is 76.3 cm³/mol. The molecule has 2 heteroatoms. The summed E-state index contributed by atoms with van der Waals surface area (Å²) in [5.41, 5.74) is 8.50. The van der Waals surface area contributed by atoms with Crippen molar-refractivity contribution in [2.24, 2.45) is 5.73 Å². The van der Waals surface area contributed by atoms with Crippen LogP contribution in [0.4, 0.5) is 0 Å². The minimum atomic E-state index is 0.219. The molecule has 0 atom stereocenters. The van der Waals surface area contributed by atoms with E-state index in [0.29, 0.717) is 6.54 Å². The van der Waals surface area contributed by atoms with Crippen LogP contribution in [0.3, 0.4) is 0 Å². The molecule has 0 aliphatic rings. The quantitative estimate of drug-likeness (QED) is 0.844. The van der Waals surface area contributed by atoms with Gasteiger partial charge in [-0.3, -0.25) is 0 Å². The van der Waals surface area contributed by atoms with Crippen LogP contribution in [0.1, 0.15) is 31.2 Å². The van der Waals surface area contributed by atoms with Crippen molar-refractivity contribution in [1.29, 1.82) is 0 Å². The molecule has 2 aromatic rings. The Morgan fingerprint density at radius 1 is 1.00 bits per heavy atom. The number of nitrogens with two attached hydrogens (primary N) is 1. The van der Waals surface area contributed by atoms with Crippen LogP contribution in [0.5, 0.6) is 0 Å². The van der Waals surface area contributed by atoms with Gasteiger partial charge in [0.1, 0.15) is 0 Å². The molecule has 0 saturated heterocycles. The van der Waals surface area contributed by atoms with Gasteiger partial charge in [0.2, 0.25) is 0 Å². The van der Waals surface area contributed by atoms with Crippen LogP contribution < -0.4 is 5.73 Å². The van der Waals surface area contributed by atoms with E-state index in [0.717, 1.165) is 0 Å². The molecule has 0 saturated carbocycles. The maximum absolute atomic E-state index is 5.63. The standard InChI is InChI=1S/C15H19NS/c1-15(2,3)12-6-4-11(5-7-12)14-9-8-13(10-16)17-14/h4-9H,10,16H2,1-3H3. The predicted octanol–water partition coefficient (Wildman–Crippen LogP) is 4.17. The molecule has 0 unspecified atom stereocenters. The van der Waals surface area contributed by atoms with Crippen LogP contribution >= 0.6 is 11.3 Å². The number of hydrogen-bond acceptors (Lipinski definition) is 2. The van der Waals surface area contributed by atoms with Crippen molar-refractivity contribution in [3.63, 3.8) is 0 Å². The van der Waals surface area contributed by atoms with Gasteiger partial charge in [-0.25, -0.2) is 0 Å². The molecule has 90 valence electrons. The number of hydrogen-bond donors (Lipinski definition) is 1. The second kappa shape index (κ2) is 4.63. The lowest BCUT2D eigenvalue weighted by atomic mass is 9.86. The molecule has 0 radical (unpaired) electrons. The smallest absolute Gasteiger partial charge is 0.0346 e. The van der Waals surface area contributed by atoms with Crippen LogP contribution in [-0.4, -0.2) is 0 Å². The average Bonchev–Trinajstić information content (AvgIpc) is 2.76. The van der Waals surface area contributed by atoms with Gasteiger partial charge < -0.3 is 5.73 Å². The first kappa shape index (κ1) is 12.3. The molecule has 2 N–H and O–H groups in total. The third-order valence-electron chi connectivity index (χ3n) is 2.90. The van der Waals surface area contributed by atoms with Gasteiger partial charge >= 0.3 is 0 Å². The Bertz CT molecular complexity index is 488. The van der Waals surface area contributed by atoms with Gasteiger partial charge in [-0.05, 0) is 28.7 Å². The van der Waals surface area contributed by atoms with Crippen LogP contribution in [0.15, 0.2) is 36.4 Å². The van der Waals surface area contributed by atoms with Gasteiger partial charge in [0, 0.05) is 16.3 Å². The molecule has 0 aliphatic carbocycles. The zero-order chi connectivity index (χ0) is 12.5. The van der Waals surface area contributed by atoms with Gasteiger partial charge in [0.25, 0.3) is 0 Å². The molecule has 0 fully saturated rings. The maximum Gasteiger partial charge on any atom is 0.0346 e. The zero-order valence-electron chi connectivity index (χ0n) is 10.7. The van der Waals surface area contributed by atoms with Crippen LogP contribution in [0, 0.1) is 0 Å². The van der Waals surface area contributed by atoms with E-state index in [-0.39, 0.29) is 5.41 Å². The summed E-state index contributed by atoms with van der Waals surface area (Å²) in [6, 6.07) is 13.1. The van der Waals surface area contributed by atoms with Crippen LogP contribution in [0.2, 0.25) is 0 Å². The number of rotatable bonds is 2. The van der Waals surface area contributed by atoms with E-state index in [4.69, 9.17) is 5.73 Å². The van der Waals surface area contributed by atoms with Crippen molar-refractivity contribution >= 4 is 11.3 Å². The highest BCUT2D eigenvalue weighted by Gasteiger charge is 2.13. The Balaban J connectivity index is 2.29. The second-order valence-corrected chi connectivity index (χ2v) is 6.47. The molecule has 1 aromatic heterocycles. The highest BCUT2D eigenvalue weighted by Crippen LogP contribution is 2.30. The fourth-order valence-electron chi connectivity index (χ4n) is 1.78. The Morgan fingerprint density at radius 3 is 2.12 bits per heavy atom. The van der Waals surface area contributed by atoms with Crippen LogP contribution in [-0.2, 0) is 12.0 Å². The first-order valence-corrected chi connectivity index (χ1v) is 6.72. The van der Waals surface area contributed by atoms with E-state index in [1.54, 1.807) is 11.3 Å². The summed E-state index contributed by atoms with van der Waals surface area (Å²) < 4.78 is 0. The van der Waals surface area contributed by atoms with Gasteiger partial charge in [-0.2, -0.15) is 0 Å². The minimum absolute atomic E-state index is 0.219. The first-order valence-electron chi connectivity index (χ1n) is 5.90. The highest BCUT2D eigenvalue weighted by atomic mass is 32.1. The molecule has 1 aromatic carbocycles. The number of thiophene rings is 1. The van der Waals surface area contributed by atoms with Crippen molar-refractivity contribution in [1.82, 2.24) is 0 Å². The summed E-state index contributed by atoms with van der Waals surface area (Å²) in [4.78, 5) is 2.53. The lowest BCUT2D eigenvalue weighted by Gasteiger charge is -2.18. The van der Waals surface area contributed by atoms with E-state index in [1.165, 1.54) is 20.9 Å². The molecular weight excluding hydrogens is 226 g/mol. The molecule has 1 nitrogen and oxygen atoms in total. The Kier molecular flexibility index (Phi) is 3.36. The normalized spacial score (nSPS) is 11.8. The van der Waals surface area contributed by atoms with Gasteiger partial charge in [0.05, 0.1) is 0 Å². The van der Waals surface area contributed by atoms with Crippen molar-refractivity contribution in [2.75, 3.05) is 0 Å². The zero-order valence-corrected chi connectivity index (χ0v) is 11.5. The second-order valence-electron chi connectivity index (χ2n) is 5.30. The minimum Gasteiger partial charge on any atom is -0.326 e. The van der Waals surface area contributed by atoms with Gasteiger partial charge in [-0.15, -0.1) is 11.3 Å². The molecule has 0 aliphatic heterocycles. The molecule has 0 spiro atoms. The van der Waals surface area contributed by atoms with Crippen molar-refractivity contribution < 1.29 is 0 Å². The fraction of sp³-hybridized carbons (Fsp3) is 0.333. The average molecular weight is 245 g/mol. The largest absolute Gasteiger partial charge is 0.326 e. The Labute approximate surface area is 107 Å². The Hall–Kier alpha value is -1.12. The first-order chi connectivity index (χ1) is 8.00. The summed E-state index contributed by atoms with van der Waals surface area (Å²) in [5, 5.41) is 0. The maximum atomic E-state index is 5.63. The summed E-state index contributed by atoms with van der Waals surface area (Å²) in [5.74, 6) is 0. The lowest BCUT2D eigenvalue weighted by molar-refractivity contribution is 0.590. The fourth-order valence-corrected chi connectivity index (χ4v) is 2.67. The summed E-state index contributed by atoms with van der Waals surface area (Å²) >= 11 is 1.77. The van der Waals surface area contributed by atoms with Crippen molar-refractivity contribution in [3.05, 3.63) is 46.8 Å². The number of benzene rings is 1. The summed E-state index contributed by atoms with van der Waals surface area (Å²) in [6.07, 6.45) is 0. The van der Waals surface area contributed by atoms with E-state index in [2.05, 4.69) is 57.2 Å². The van der Waals surface area contributed by atoms with E-state index in [9.17, 15) is 0 Å². The Morgan fingerprint density at radius 2 is 1.65 bits per heavy atom. The molecular formula is C15H19NS. The van der Waals surface area contributed by atoms with Gasteiger partial charge in [-0.1, -0.05) is 45.0 Å². The monoisotopic (exact) mass is 245 g/mol. The SMILES string of the molecule is CC(C)(C)c1ccc(-c2ccc(CN)s2)cc1. The van der Waals surface area contributed by atoms with Crippen LogP contribution in [0.25, 0.3) is 10.4 Å². The van der Waals surface area contributed by atoms with E-state index < -0.39 is 0 Å². The topological polar surface area (TPSA) is 26.0 Å². The third kappa shape index (κ3) is 2.76.